The molecule has 0 atom stereocenters. The molecular weight excluding hydrogens is 276 g/mol. The summed E-state index contributed by atoms with van der Waals surface area (Å²) in [6, 6.07) is 6.70. The standard InChI is InChI=1S/C10H11BrN2O3/c11-7-2-1-3-8(6-7)13-10(16)12-5-4-9(14)15/h1-3,6H,4-5H2,(H,14,15)(H2,12,13,16). The van der Waals surface area contributed by atoms with Crippen LogP contribution in [0.4, 0.5) is 10.5 Å². The lowest BCUT2D eigenvalue weighted by Crippen LogP contribution is -2.30. The average molecular weight is 287 g/mol. The highest BCUT2D eigenvalue weighted by molar-refractivity contribution is 9.10. The average Bonchev–Trinajstić information content (AvgIpc) is 2.16. The second kappa shape index (κ2) is 6.12. The normalized spacial score (nSPS) is 9.56. The largest absolute Gasteiger partial charge is 0.481 e. The number of nitrogens with one attached hydrogen (secondary N) is 2. The molecule has 0 radical (unpaired) electrons. The fourth-order valence-corrected chi connectivity index (χ4v) is 1.42. The molecule has 6 heteroatoms. The highest BCUT2D eigenvalue weighted by Crippen LogP contribution is 2.15. The lowest BCUT2D eigenvalue weighted by atomic mass is 10.3. The van der Waals surface area contributed by atoms with Gasteiger partial charge in [0.2, 0.25) is 0 Å². The van der Waals surface area contributed by atoms with Gasteiger partial charge in [0.1, 0.15) is 0 Å². The number of anilines is 1. The minimum atomic E-state index is -0.942. The summed E-state index contributed by atoms with van der Waals surface area (Å²) in [5.41, 5.74) is 0.641. The lowest BCUT2D eigenvalue weighted by molar-refractivity contribution is -0.136. The molecule has 0 bridgehead atoms. The Bertz CT molecular complexity index is 395. The molecule has 0 saturated heterocycles. The molecule has 1 aromatic carbocycles. The zero-order chi connectivity index (χ0) is 12.0. The number of benzene rings is 1. The van der Waals surface area contributed by atoms with E-state index in [0.717, 1.165) is 4.47 Å². The maximum atomic E-state index is 11.3. The maximum absolute atomic E-state index is 11.3. The molecule has 0 aliphatic carbocycles. The summed E-state index contributed by atoms with van der Waals surface area (Å²) in [6.07, 6.45) is -0.0914. The number of carboxylic acid groups (broad SMARTS) is 1. The van der Waals surface area contributed by atoms with Crippen LogP contribution >= 0.6 is 15.9 Å². The Morgan fingerprint density at radius 2 is 2.12 bits per heavy atom. The summed E-state index contributed by atoms with van der Waals surface area (Å²) in [4.78, 5) is 21.5. The van der Waals surface area contributed by atoms with Crippen LogP contribution in [-0.2, 0) is 4.79 Å². The van der Waals surface area contributed by atoms with Crippen LogP contribution in [0.3, 0.4) is 0 Å². The Kier molecular flexibility index (Phi) is 4.78. The quantitative estimate of drug-likeness (QED) is 0.793. The molecule has 0 saturated carbocycles. The van der Waals surface area contributed by atoms with Crippen LogP contribution < -0.4 is 10.6 Å². The van der Waals surface area contributed by atoms with E-state index in [4.69, 9.17) is 5.11 Å². The van der Waals surface area contributed by atoms with Crippen LogP contribution in [0.2, 0.25) is 0 Å². The molecule has 3 N–H and O–H groups in total. The third kappa shape index (κ3) is 4.79. The molecular formula is C10H11BrN2O3. The summed E-state index contributed by atoms with van der Waals surface area (Å²) in [6.45, 7) is 0.106. The number of amides is 2. The van der Waals surface area contributed by atoms with Gasteiger partial charge in [0.25, 0.3) is 0 Å². The van der Waals surface area contributed by atoms with Crippen molar-refractivity contribution in [1.29, 1.82) is 0 Å². The van der Waals surface area contributed by atoms with E-state index < -0.39 is 12.0 Å². The third-order valence-electron chi connectivity index (χ3n) is 1.71. The number of aliphatic carboxylic acids is 1. The molecule has 1 aromatic rings. The van der Waals surface area contributed by atoms with Gasteiger partial charge in [-0.05, 0) is 18.2 Å². The van der Waals surface area contributed by atoms with Gasteiger partial charge in [0.15, 0.2) is 0 Å². The van der Waals surface area contributed by atoms with Gasteiger partial charge in [-0.3, -0.25) is 4.79 Å². The monoisotopic (exact) mass is 286 g/mol. The minimum Gasteiger partial charge on any atom is -0.481 e. The van der Waals surface area contributed by atoms with Gasteiger partial charge in [0, 0.05) is 16.7 Å². The number of urea groups is 1. The third-order valence-corrected chi connectivity index (χ3v) is 2.20. The fraction of sp³-hybridized carbons (Fsp3) is 0.200. The van der Waals surface area contributed by atoms with E-state index in [1.807, 2.05) is 6.07 Å². The topological polar surface area (TPSA) is 78.4 Å². The van der Waals surface area contributed by atoms with Crippen molar-refractivity contribution >= 4 is 33.6 Å². The van der Waals surface area contributed by atoms with E-state index in [1.54, 1.807) is 18.2 Å². The van der Waals surface area contributed by atoms with Gasteiger partial charge >= 0.3 is 12.0 Å². The number of halogens is 1. The molecule has 0 heterocycles. The number of hydrogen-bond acceptors (Lipinski definition) is 2. The van der Waals surface area contributed by atoms with Crippen molar-refractivity contribution in [2.24, 2.45) is 0 Å². The van der Waals surface area contributed by atoms with Crippen molar-refractivity contribution in [3.63, 3.8) is 0 Å². The Labute approximate surface area is 101 Å². The van der Waals surface area contributed by atoms with Gasteiger partial charge in [-0.1, -0.05) is 22.0 Å². The number of rotatable bonds is 4. The van der Waals surface area contributed by atoms with Crippen LogP contribution in [-0.4, -0.2) is 23.7 Å². The maximum Gasteiger partial charge on any atom is 0.319 e. The first-order valence-electron chi connectivity index (χ1n) is 4.60. The fourth-order valence-electron chi connectivity index (χ4n) is 1.02. The second-order valence-electron chi connectivity index (χ2n) is 3.03. The Balaban J connectivity index is 2.37. The molecule has 86 valence electrons. The molecule has 0 spiro atoms. The zero-order valence-corrected chi connectivity index (χ0v) is 9.95. The molecule has 0 fully saturated rings. The van der Waals surface area contributed by atoms with Crippen molar-refractivity contribution in [1.82, 2.24) is 5.32 Å². The van der Waals surface area contributed by atoms with Crippen molar-refractivity contribution in [3.05, 3.63) is 28.7 Å². The number of carbonyl (C=O) groups is 2. The van der Waals surface area contributed by atoms with E-state index in [2.05, 4.69) is 26.6 Å². The van der Waals surface area contributed by atoms with Crippen molar-refractivity contribution in [3.8, 4) is 0 Å². The molecule has 1 rings (SSSR count). The number of carbonyl (C=O) groups excluding carboxylic acids is 1. The van der Waals surface area contributed by atoms with Crippen molar-refractivity contribution in [2.45, 2.75) is 6.42 Å². The summed E-state index contributed by atoms with van der Waals surface area (Å²) in [5.74, 6) is -0.942. The lowest BCUT2D eigenvalue weighted by Gasteiger charge is -2.06. The molecule has 0 aromatic heterocycles. The SMILES string of the molecule is O=C(O)CCNC(=O)Nc1cccc(Br)c1. The van der Waals surface area contributed by atoms with E-state index in [9.17, 15) is 9.59 Å². The van der Waals surface area contributed by atoms with Crippen LogP contribution in [0.1, 0.15) is 6.42 Å². The predicted octanol–water partition coefficient (Wildman–Crippen LogP) is 2.05. The van der Waals surface area contributed by atoms with E-state index >= 15 is 0 Å². The van der Waals surface area contributed by atoms with Crippen molar-refractivity contribution < 1.29 is 14.7 Å². The number of hydrogen-bond donors (Lipinski definition) is 3. The first-order chi connectivity index (χ1) is 7.58. The zero-order valence-electron chi connectivity index (χ0n) is 8.37. The van der Waals surface area contributed by atoms with Gasteiger partial charge < -0.3 is 15.7 Å². The van der Waals surface area contributed by atoms with Gasteiger partial charge in [0.05, 0.1) is 6.42 Å². The Hall–Kier alpha value is -1.56. The highest BCUT2D eigenvalue weighted by Gasteiger charge is 2.02. The molecule has 2 amide bonds. The molecule has 0 unspecified atom stereocenters. The van der Waals surface area contributed by atoms with E-state index in [1.165, 1.54) is 0 Å². The van der Waals surface area contributed by atoms with Crippen LogP contribution in [0.25, 0.3) is 0 Å². The minimum absolute atomic E-state index is 0.0914. The van der Waals surface area contributed by atoms with E-state index in [0.29, 0.717) is 5.69 Å². The van der Waals surface area contributed by atoms with Gasteiger partial charge in [-0.15, -0.1) is 0 Å². The van der Waals surface area contributed by atoms with Gasteiger partial charge in [-0.25, -0.2) is 4.79 Å². The van der Waals surface area contributed by atoms with E-state index in [-0.39, 0.29) is 13.0 Å². The molecule has 0 aliphatic rings. The second-order valence-corrected chi connectivity index (χ2v) is 3.95. The summed E-state index contributed by atoms with van der Waals surface area (Å²) in [7, 11) is 0. The van der Waals surface area contributed by atoms with Gasteiger partial charge in [-0.2, -0.15) is 0 Å². The summed E-state index contributed by atoms with van der Waals surface area (Å²) in [5, 5.41) is 13.4. The van der Waals surface area contributed by atoms with Crippen LogP contribution in [0.15, 0.2) is 28.7 Å². The molecule has 5 nitrogen and oxygen atoms in total. The smallest absolute Gasteiger partial charge is 0.319 e. The number of carboxylic acids is 1. The predicted molar refractivity (Wildman–Crippen MR) is 63.4 cm³/mol. The first-order valence-corrected chi connectivity index (χ1v) is 5.39. The van der Waals surface area contributed by atoms with Crippen LogP contribution in [0, 0.1) is 0 Å². The summed E-state index contributed by atoms with van der Waals surface area (Å²) >= 11 is 3.27. The van der Waals surface area contributed by atoms with Crippen LogP contribution in [0.5, 0.6) is 0 Å². The molecule has 16 heavy (non-hydrogen) atoms. The highest BCUT2D eigenvalue weighted by atomic mass is 79.9. The summed E-state index contributed by atoms with van der Waals surface area (Å²) < 4.78 is 0.857. The molecule has 0 aliphatic heterocycles. The van der Waals surface area contributed by atoms with Crippen molar-refractivity contribution in [2.75, 3.05) is 11.9 Å². The Morgan fingerprint density at radius 3 is 2.75 bits per heavy atom. The first kappa shape index (κ1) is 12.5. The Morgan fingerprint density at radius 1 is 1.38 bits per heavy atom.